The fraction of sp³-hybridized carbons (Fsp3) is 0.833. The summed E-state index contributed by atoms with van der Waals surface area (Å²) in [5.41, 5.74) is 0. The van der Waals surface area contributed by atoms with Gasteiger partial charge in [0.25, 0.3) is 0 Å². The largest absolute Gasteiger partial charge is 0.103 e. The van der Waals surface area contributed by atoms with Crippen molar-refractivity contribution in [1.29, 1.82) is 0 Å². The van der Waals surface area contributed by atoms with Gasteiger partial charge in [-0.2, -0.15) is 0 Å². The smallest absolute Gasteiger partial charge is 0.0174 e. The molecule has 2 atom stereocenters. The Bertz CT molecular complexity index is 142. The molecule has 76 valence electrons. The number of alkyl halides is 1. The van der Waals surface area contributed by atoms with E-state index in [1.807, 2.05) is 6.08 Å². The van der Waals surface area contributed by atoms with Gasteiger partial charge in [0.1, 0.15) is 0 Å². The number of halogens is 1. The predicted molar refractivity (Wildman–Crippen MR) is 63.3 cm³/mol. The minimum Gasteiger partial charge on any atom is -0.103 e. The second-order valence-electron chi connectivity index (χ2n) is 4.13. The van der Waals surface area contributed by atoms with Gasteiger partial charge in [0.2, 0.25) is 0 Å². The van der Waals surface area contributed by atoms with E-state index in [4.69, 9.17) is 0 Å². The van der Waals surface area contributed by atoms with Gasteiger partial charge < -0.3 is 0 Å². The van der Waals surface area contributed by atoms with E-state index >= 15 is 0 Å². The quantitative estimate of drug-likeness (QED) is 0.362. The Balaban J connectivity index is 1.95. The summed E-state index contributed by atoms with van der Waals surface area (Å²) >= 11 is 3.77. The molecule has 1 saturated carbocycles. The van der Waals surface area contributed by atoms with Crippen molar-refractivity contribution in [3.8, 4) is 0 Å². The first kappa shape index (κ1) is 11.3. The summed E-state index contributed by atoms with van der Waals surface area (Å²) in [5.74, 6) is 0.976. The highest BCUT2D eigenvalue weighted by molar-refractivity contribution is 9.09. The Kier molecular flexibility index (Phi) is 5.77. The first-order valence-electron chi connectivity index (χ1n) is 5.59. The second kappa shape index (κ2) is 6.64. The van der Waals surface area contributed by atoms with Crippen molar-refractivity contribution in [3.05, 3.63) is 12.7 Å². The summed E-state index contributed by atoms with van der Waals surface area (Å²) in [4.78, 5) is 0.826. The Morgan fingerprint density at radius 2 is 2.08 bits per heavy atom. The molecule has 1 fully saturated rings. The molecule has 2 unspecified atom stereocenters. The predicted octanol–water partition coefficient (Wildman–Crippen LogP) is 4.69. The Morgan fingerprint density at radius 1 is 1.23 bits per heavy atom. The molecule has 1 rings (SSSR count). The number of hydrogen-bond donors (Lipinski definition) is 0. The van der Waals surface area contributed by atoms with E-state index in [9.17, 15) is 0 Å². The van der Waals surface area contributed by atoms with Crippen LogP contribution in [-0.2, 0) is 0 Å². The van der Waals surface area contributed by atoms with Crippen LogP contribution in [0.4, 0.5) is 0 Å². The third-order valence-electron chi connectivity index (χ3n) is 3.05. The van der Waals surface area contributed by atoms with Crippen LogP contribution >= 0.6 is 15.9 Å². The average molecular weight is 245 g/mol. The highest BCUT2D eigenvalue weighted by Crippen LogP contribution is 2.34. The minimum absolute atomic E-state index is 0.826. The van der Waals surface area contributed by atoms with Crippen LogP contribution in [0.5, 0.6) is 0 Å². The second-order valence-corrected chi connectivity index (χ2v) is 5.31. The molecule has 0 aromatic carbocycles. The van der Waals surface area contributed by atoms with Crippen molar-refractivity contribution in [2.75, 3.05) is 0 Å². The molecule has 0 heterocycles. The number of hydrogen-bond acceptors (Lipinski definition) is 0. The number of rotatable bonds is 6. The van der Waals surface area contributed by atoms with Crippen LogP contribution in [0.1, 0.15) is 51.4 Å². The van der Waals surface area contributed by atoms with Crippen LogP contribution in [0.15, 0.2) is 12.7 Å². The van der Waals surface area contributed by atoms with E-state index in [1.165, 1.54) is 51.4 Å². The molecule has 0 spiro atoms. The van der Waals surface area contributed by atoms with E-state index in [0.717, 1.165) is 10.7 Å². The normalized spacial score (nSPS) is 27.8. The molecule has 13 heavy (non-hydrogen) atoms. The van der Waals surface area contributed by atoms with Crippen molar-refractivity contribution in [3.63, 3.8) is 0 Å². The Labute approximate surface area is 90.9 Å². The molecule has 0 radical (unpaired) electrons. The number of unbranched alkanes of at least 4 members (excludes halogenated alkanes) is 3. The molecule has 0 amide bonds. The summed E-state index contributed by atoms with van der Waals surface area (Å²) in [6.07, 6.45) is 13.1. The average Bonchev–Trinajstić information content (AvgIpc) is 2.52. The van der Waals surface area contributed by atoms with Gasteiger partial charge in [-0.25, -0.2) is 0 Å². The molecular weight excluding hydrogens is 224 g/mol. The third-order valence-corrected chi connectivity index (χ3v) is 4.25. The minimum atomic E-state index is 0.826. The molecule has 0 aliphatic heterocycles. The van der Waals surface area contributed by atoms with Gasteiger partial charge in [-0.3, -0.25) is 0 Å². The maximum absolute atomic E-state index is 3.77. The van der Waals surface area contributed by atoms with Gasteiger partial charge in [-0.15, -0.1) is 6.58 Å². The molecule has 0 nitrogen and oxygen atoms in total. The fourth-order valence-corrected chi connectivity index (χ4v) is 3.04. The van der Waals surface area contributed by atoms with E-state index in [-0.39, 0.29) is 0 Å². The van der Waals surface area contributed by atoms with Crippen LogP contribution < -0.4 is 0 Å². The maximum Gasteiger partial charge on any atom is 0.0174 e. The lowest BCUT2D eigenvalue weighted by Gasteiger charge is -2.12. The van der Waals surface area contributed by atoms with Crippen LogP contribution in [0.2, 0.25) is 0 Å². The summed E-state index contributed by atoms with van der Waals surface area (Å²) < 4.78 is 0. The lowest BCUT2D eigenvalue weighted by molar-refractivity contribution is 0.480. The standard InChI is InChI=1S/C12H21Br/c1-2-3-4-5-6-8-11-9-7-10-12(11)13/h2,11-12H,1,3-10H2. The van der Waals surface area contributed by atoms with E-state index < -0.39 is 0 Å². The van der Waals surface area contributed by atoms with Crippen molar-refractivity contribution in [2.45, 2.75) is 56.2 Å². The van der Waals surface area contributed by atoms with E-state index in [0.29, 0.717) is 0 Å². The Morgan fingerprint density at radius 3 is 2.69 bits per heavy atom. The maximum atomic E-state index is 3.77. The highest BCUT2D eigenvalue weighted by Gasteiger charge is 2.23. The molecule has 1 aliphatic carbocycles. The summed E-state index contributed by atoms with van der Waals surface area (Å²) in [7, 11) is 0. The zero-order chi connectivity index (χ0) is 9.52. The molecule has 0 bridgehead atoms. The van der Waals surface area contributed by atoms with Gasteiger partial charge in [-0.1, -0.05) is 41.3 Å². The first-order valence-corrected chi connectivity index (χ1v) is 6.51. The van der Waals surface area contributed by atoms with E-state index in [2.05, 4.69) is 22.5 Å². The topological polar surface area (TPSA) is 0 Å². The van der Waals surface area contributed by atoms with Gasteiger partial charge in [0.05, 0.1) is 0 Å². The zero-order valence-corrected chi connectivity index (χ0v) is 10.1. The fourth-order valence-electron chi connectivity index (χ4n) is 2.19. The van der Waals surface area contributed by atoms with Crippen LogP contribution in [-0.4, -0.2) is 4.83 Å². The highest BCUT2D eigenvalue weighted by atomic mass is 79.9. The molecule has 0 saturated heterocycles. The van der Waals surface area contributed by atoms with Crippen molar-refractivity contribution >= 4 is 15.9 Å². The lowest BCUT2D eigenvalue weighted by atomic mass is 9.99. The molecule has 1 aliphatic rings. The summed E-state index contributed by atoms with van der Waals surface area (Å²) in [6.45, 7) is 3.74. The SMILES string of the molecule is C=CCCCCCC1CCCC1Br. The zero-order valence-electron chi connectivity index (χ0n) is 8.47. The van der Waals surface area contributed by atoms with Crippen LogP contribution in [0.3, 0.4) is 0 Å². The lowest BCUT2D eigenvalue weighted by Crippen LogP contribution is -2.05. The van der Waals surface area contributed by atoms with Gasteiger partial charge in [0.15, 0.2) is 0 Å². The van der Waals surface area contributed by atoms with Crippen LogP contribution in [0, 0.1) is 5.92 Å². The molecule has 1 heteroatoms. The van der Waals surface area contributed by atoms with Crippen molar-refractivity contribution < 1.29 is 0 Å². The number of allylic oxidation sites excluding steroid dienone is 1. The van der Waals surface area contributed by atoms with Gasteiger partial charge in [0, 0.05) is 4.83 Å². The Hall–Kier alpha value is 0.220. The molecular formula is C12H21Br. The third kappa shape index (κ3) is 4.30. The molecule has 0 N–H and O–H groups in total. The van der Waals surface area contributed by atoms with Crippen molar-refractivity contribution in [1.82, 2.24) is 0 Å². The molecule has 0 aromatic rings. The monoisotopic (exact) mass is 244 g/mol. The summed E-state index contributed by atoms with van der Waals surface area (Å²) in [6, 6.07) is 0. The summed E-state index contributed by atoms with van der Waals surface area (Å²) in [5, 5.41) is 0. The van der Waals surface area contributed by atoms with Gasteiger partial charge >= 0.3 is 0 Å². The van der Waals surface area contributed by atoms with Gasteiger partial charge in [-0.05, 0) is 38.0 Å². The van der Waals surface area contributed by atoms with Crippen molar-refractivity contribution in [2.24, 2.45) is 5.92 Å². The van der Waals surface area contributed by atoms with Crippen LogP contribution in [0.25, 0.3) is 0 Å². The molecule has 0 aromatic heterocycles. The first-order chi connectivity index (χ1) is 6.34. The van der Waals surface area contributed by atoms with E-state index in [1.54, 1.807) is 0 Å².